The van der Waals surface area contributed by atoms with E-state index in [4.69, 9.17) is 4.74 Å². The monoisotopic (exact) mass is 267 g/mol. The number of hydrogen-bond donors (Lipinski definition) is 1. The number of hydrogen-bond acceptors (Lipinski definition) is 2. The van der Waals surface area contributed by atoms with E-state index in [-0.39, 0.29) is 5.82 Å². The second-order valence-corrected chi connectivity index (χ2v) is 4.97. The Hall–Kier alpha value is -0.930. The molecule has 1 rings (SSSR count). The molecule has 0 aromatic heterocycles. The first-order chi connectivity index (χ1) is 9.27. The van der Waals surface area contributed by atoms with Gasteiger partial charge in [-0.15, -0.1) is 0 Å². The molecule has 0 amide bonds. The van der Waals surface area contributed by atoms with E-state index < -0.39 is 0 Å². The van der Waals surface area contributed by atoms with E-state index in [1.165, 1.54) is 6.07 Å². The van der Waals surface area contributed by atoms with E-state index in [0.717, 1.165) is 51.0 Å². The summed E-state index contributed by atoms with van der Waals surface area (Å²) in [5, 5.41) is 3.18. The van der Waals surface area contributed by atoms with E-state index in [1.807, 2.05) is 19.2 Å². The molecule has 0 aliphatic heterocycles. The summed E-state index contributed by atoms with van der Waals surface area (Å²) in [6.07, 6.45) is 4.02. The minimum Gasteiger partial charge on any atom is -0.381 e. The standard InChI is InChI=1S/C16H26FNO/c1-3-4-10-19-11-9-14(13-18-2)12-15-7-5-6-8-16(15)17/h5-8,14,18H,3-4,9-13H2,1-2H3. The molecule has 0 saturated carbocycles. The smallest absolute Gasteiger partial charge is 0.126 e. The Morgan fingerprint density at radius 3 is 2.74 bits per heavy atom. The predicted molar refractivity (Wildman–Crippen MR) is 77.9 cm³/mol. The molecule has 0 saturated heterocycles. The molecule has 19 heavy (non-hydrogen) atoms. The first-order valence-electron chi connectivity index (χ1n) is 7.23. The van der Waals surface area contributed by atoms with Gasteiger partial charge < -0.3 is 10.1 Å². The lowest BCUT2D eigenvalue weighted by Gasteiger charge is -2.17. The van der Waals surface area contributed by atoms with Crippen LogP contribution in [0.2, 0.25) is 0 Å². The summed E-state index contributed by atoms with van der Waals surface area (Å²) in [7, 11) is 1.94. The molecule has 0 aliphatic rings. The van der Waals surface area contributed by atoms with Gasteiger partial charge in [0.05, 0.1) is 0 Å². The fourth-order valence-electron chi connectivity index (χ4n) is 2.14. The van der Waals surface area contributed by atoms with Gasteiger partial charge >= 0.3 is 0 Å². The average Bonchev–Trinajstić information content (AvgIpc) is 2.41. The highest BCUT2D eigenvalue weighted by molar-refractivity contribution is 5.17. The average molecular weight is 267 g/mol. The van der Waals surface area contributed by atoms with Crippen LogP contribution in [0.15, 0.2) is 24.3 Å². The number of halogens is 1. The van der Waals surface area contributed by atoms with E-state index in [1.54, 1.807) is 6.07 Å². The van der Waals surface area contributed by atoms with Crippen LogP contribution in [0.1, 0.15) is 31.7 Å². The van der Waals surface area contributed by atoms with Crippen molar-refractivity contribution in [2.45, 2.75) is 32.6 Å². The molecule has 0 radical (unpaired) electrons. The minimum absolute atomic E-state index is 0.101. The Labute approximate surface area is 116 Å². The molecular weight excluding hydrogens is 241 g/mol. The van der Waals surface area contributed by atoms with Gasteiger partial charge in [-0.1, -0.05) is 31.5 Å². The first kappa shape index (κ1) is 16.1. The van der Waals surface area contributed by atoms with Crippen LogP contribution in [-0.2, 0) is 11.2 Å². The highest BCUT2D eigenvalue weighted by Gasteiger charge is 2.11. The van der Waals surface area contributed by atoms with Gasteiger partial charge in [0, 0.05) is 13.2 Å². The van der Waals surface area contributed by atoms with Gasteiger partial charge in [-0.25, -0.2) is 4.39 Å². The maximum atomic E-state index is 13.6. The minimum atomic E-state index is -0.101. The summed E-state index contributed by atoms with van der Waals surface area (Å²) in [5.74, 6) is 0.319. The molecule has 0 aliphatic carbocycles. The number of unbranched alkanes of at least 4 members (excludes halogenated alkanes) is 1. The van der Waals surface area contributed by atoms with Crippen LogP contribution in [0.4, 0.5) is 4.39 Å². The van der Waals surface area contributed by atoms with Crippen LogP contribution in [0, 0.1) is 11.7 Å². The van der Waals surface area contributed by atoms with Crippen LogP contribution in [0.3, 0.4) is 0 Å². The zero-order valence-corrected chi connectivity index (χ0v) is 12.1. The van der Waals surface area contributed by atoms with Crippen molar-refractivity contribution in [3.63, 3.8) is 0 Å². The van der Waals surface area contributed by atoms with Crippen molar-refractivity contribution in [1.82, 2.24) is 5.32 Å². The molecule has 0 bridgehead atoms. The number of ether oxygens (including phenoxy) is 1. The highest BCUT2D eigenvalue weighted by Crippen LogP contribution is 2.15. The van der Waals surface area contributed by atoms with Crippen molar-refractivity contribution in [2.24, 2.45) is 5.92 Å². The third kappa shape index (κ3) is 6.69. The fraction of sp³-hybridized carbons (Fsp3) is 0.625. The summed E-state index contributed by atoms with van der Waals surface area (Å²) in [4.78, 5) is 0. The van der Waals surface area contributed by atoms with E-state index in [0.29, 0.717) is 5.92 Å². The second kappa shape index (κ2) is 9.93. The molecule has 3 heteroatoms. The second-order valence-electron chi connectivity index (χ2n) is 4.97. The van der Waals surface area contributed by atoms with Gasteiger partial charge in [-0.2, -0.15) is 0 Å². The first-order valence-corrected chi connectivity index (χ1v) is 7.23. The van der Waals surface area contributed by atoms with Crippen molar-refractivity contribution in [1.29, 1.82) is 0 Å². The van der Waals surface area contributed by atoms with Crippen molar-refractivity contribution in [3.05, 3.63) is 35.6 Å². The zero-order chi connectivity index (χ0) is 13.9. The molecule has 0 heterocycles. The largest absolute Gasteiger partial charge is 0.381 e. The van der Waals surface area contributed by atoms with Gasteiger partial charge in [-0.05, 0) is 50.4 Å². The quantitative estimate of drug-likeness (QED) is 0.656. The summed E-state index contributed by atoms with van der Waals surface area (Å²) in [6.45, 7) is 4.65. The molecule has 1 unspecified atom stereocenters. The van der Waals surface area contributed by atoms with Crippen LogP contribution in [-0.4, -0.2) is 26.8 Å². The summed E-state index contributed by atoms with van der Waals surface area (Å²) in [5.41, 5.74) is 0.802. The van der Waals surface area contributed by atoms with Crippen LogP contribution >= 0.6 is 0 Å². The molecule has 2 nitrogen and oxygen atoms in total. The van der Waals surface area contributed by atoms with Crippen LogP contribution in [0.25, 0.3) is 0 Å². The SMILES string of the molecule is CCCCOCCC(CNC)Cc1ccccc1F. The Balaban J connectivity index is 2.37. The van der Waals surface area contributed by atoms with Crippen molar-refractivity contribution in [3.8, 4) is 0 Å². The molecule has 0 fully saturated rings. The lowest BCUT2D eigenvalue weighted by molar-refractivity contribution is 0.117. The molecule has 1 aromatic rings. The van der Waals surface area contributed by atoms with E-state index in [9.17, 15) is 4.39 Å². The Kier molecular flexibility index (Phi) is 8.43. The summed E-state index contributed by atoms with van der Waals surface area (Å²) < 4.78 is 19.2. The summed E-state index contributed by atoms with van der Waals surface area (Å²) in [6, 6.07) is 7.03. The maximum Gasteiger partial charge on any atom is 0.126 e. The fourth-order valence-corrected chi connectivity index (χ4v) is 2.14. The summed E-state index contributed by atoms with van der Waals surface area (Å²) >= 11 is 0. The number of nitrogens with one attached hydrogen (secondary N) is 1. The van der Waals surface area contributed by atoms with Gasteiger partial charge in [0.25, 0.3) is 0 Å². The molecule has 0 spiro atoms. The van der Waals surface area contributed by atoms with Gasteiger partial charge in [-0.3, -0.25) is 0 Å². The van der Waals surface area contributed by atoms with Gasteiger partial charge in [0.15, 0.2) is 0 Å². The van der Waals surface area contributed by atoms with Gasteiger partial charge in [0.2, 0.25) is 0 Å². The molecule has 1 aromatic carbocycles. The predicted octanol–water partition coefficient (Wildman–Crippen LogP) is 3.41. The highest BCUT2D eigenvalue weighted by atomic mass is 19.1. The third-order valence-electron chi connectivity index (χ3n) is 3.27. The Morgan fingerprint density at radius 2 is 2.05 bits per heavy atom. The number of benzene rings is 1. The topological polar surface area (TPSA) is 21.3 Å². The molecule has 108 valence electrons. The molecular formula is C16H26FNO. The molecule has 1 atom stereocenters. The van der Waals surface area contributed by atoms with Crippen LogP contribution < -0.4 is 5.32 Å². The van der Waals surface area contributed by atoms with Gasteiger partial charge in [0.1, 0.15) is 5.82 Å². The van der Waals surface area contributed by atoms with E-state index in [2.05, 4.69) is 12.2 Å². The zero-order valence-electron chi connectivity index (χ0n) is 12.1. The van der Waals surface area contributed by atoms with E-state index >= 15 is 0 Å². The maximum absolute atomic E-state index is 13.6. The Bertz CT molecular complexity index is 343. The van der Waals surface area contributed by atoms with Crippen molar-refractivity contribution in [2.75, 3.05) is 26.8 Å². The van der Waals surface area contributed by atoms with Crippen LogP contribution in [0.5, 0.6) is 0 Å². The van der Waals surface area contributed by atoms with Crippen molar-refractivity contribution >= 4 is 0 Å². The number of rotatable bonds is 10. The third-order valence-corrected chi connectivity index (χ3v) is 3.27. The Morgan fingerprint density at radius 1 is 1.26 bits per heavy atom. The normalized spacial score (nSPS) is 12.6. The lowest BCUT2D eigenvalue weighted by Crippen LogP contribution is -2.22. The lowest BCUT2D eigenvalue weighted by atomic mass is 9.96. The molecule has 1 N–H and O–H groups in total. The van der Waals surface area contributed by atoms with Crippen molar-refractivity contribution < 1.29 is 9.13 Å².